The lowest BCUT2D eigenvalue weighted by molar-refractivity contribution is -0.150. The van der Waals surface area contributed by atoms with Gasteiger partial charge in [-0.05, 0) is 22.3 Å². The number of carbonyl (C=O) groups is 2. The van der Waals surface area contributed by atoms with Crippen molar-refractivity contribution in [1.29, 1.82) is 0 Å². The summed E-state index contributed by atoms with van der Waals surface area (Å²) in [5, 5.41) is 9.18. The van der Waals surface area contributed by atoms with Gasteiger partial charge in [-0.15, -0.1) is 0 Å². The monoisotopic (exact) mass is 381 g/mol. The largest absolute Gasteiger partial charge is 0.479 e. The van der Waals surface area contributed by atoms with Gasteiger partial charge in [0.15, 0.2) is 12.4 Å². The van der Waals surface area contributed by atoms with Crippen LogP contribution in [-0.2, 0) is 19.0 Å². The number of benzene rings is 2. The van der Waals surface area contributed by atoms with E-state index in [-0.39, 0.29) is 25.6 Å². The lowest BCUT2D eigenvalue weighted by atomic mass is 9.98. The molecule has 3 atom stereocenters. The van der Waals surface area contributed by atoms with Crippen molar-refractivity contribution in [1.82, 2.24) is 4.90 Å². The van der Waals surface area contributed by atoms with Crippen LogP contribution in [0.25, 0.3) is 11.1 Å². The van der Waals surface area contributed by atoms with Gasteiger partial charge in [0, 0.05) is 5.92 Å². The Bertz CT molecular complexity index is 898. The number of carbonyl (C=O) groups excluding carboxylic acids is 1. The van der Waals surface area contributed by atoms with Crippen molar-refractivity contribution < 1.29 is 28.9 Å². The molecule has 28 heavy (non-hydrogen) atoms. The highest BCUT2D eigenvalue weighted by Crippen LogP contribution is 2.44. The number of hydrogen-bond donors (Lipinski definition) is 1. The fourth-order valence-corrected chi connectivity index (χ4v) is 4.30. The predicted octanol–water partition coefficient (Wildman–Crippen LogP) is 2.45. The first-order chi connectivity index (χ1) is 13.6. The molecule has 0 aromatic heterocycles. The first kappa shape index (κ1) is 17.2. The average molecular weight is 381 g/mol. The standard InChI is InChI=1S/C21H19NO6/c23-20(24)19-17-9-22(10-18(27-17)28-19)21(25)26-11-16-14-7-3-1-5-12(14)13-6-2-4-8-15(13)16/h1-8,16-19H,9-11H2,(H,23,24). The normalized spacial score (nSPS) is 25.3. The van der Waals surface area contributed by atoms with Crippen LogP contribution in [0.2, 0.25) is 0 Å². The molecule has 0 spiro atoms. The highest BCUT2D eigenvalue weighted by atomic mass is 16.7. The van der Waals surface area contributed by atoms with Crippen molar-refractivity contribution >= 4 is 12.1 Å². The van der Waals surface area contributed by atoms with Crippen molar-refractivity contribution in [2.45, 2.75) is 24.4 Å². The van der Waals surface area contributed by atoms with Crippen molar-refractivity contribution in [3.63, 3.8) is 0 Å². The molecule has 2 heterocycles. The lowest BCUT2D eigenvalue weighted by Gasteiger charge is -2.30. The Hall–Kier alpha value is -2.90. The van der Waals surface area contributed by atoms with Crippen LogP contribution in [0.3, 0.4) is 0 Å². The highest BCUT2D eigenvalue weighted by molar-refractivity contribution is 5.79. The van der Waals surface area contributed by atoms with Crippen LogP contribution in [0, 0.1) is 0 Å². The number of fused-ring (bicyclic) bond motifs is 5. The number of carboxylic acids is 1. The Kier molecular flexibility index (Phi) is 4.07. The molecule has 0 radical (unpaired) electrons. The first-order valence-corrected chi connectivity index (χ1v) is 9.25. The van der Waals surface area contributed by atoms with E-state index in [2.05, 4.69) is 24.3 Å². The number of carboxylic acid groups (broad SMARTS) is 1. The zero-order chi connectivity index (χ0) is 19.3. The Morgan fingerprint density at radius 3 is 2.29 bits per heavy atom. The molecule has 2 fully saturated rings. The third-order valence-electron chi connectivity index (χ3n) is 5.57. The van der Waals surface area contributed by atoms with Gasteiger partial charge in [0.2, 0.25) is 0 Å². The van der Waals surface area contributed by atoms with Crippen LogP contribution < -0.4 is 0 Å². The fourth-order valence-electron chi connectivity index (χ4n) is 4.30. The van der Waals surface area contributed by atoms with Gasteiger partial charge in [0.05, 0.1) is 13.1 Å². The van der Waals surface area contributed by atoms with E-state index in [1.54, 1.807) is 0 Å². The second-order valence-corrected chi connectivity index (χ2v) is 7.21. The van der Waals surface area contributed by atoms with Gasteiger partial charge in [-0.3, -0.25) is 0 Å². The first-order valence-electron chi connectivity index (χ1n) is 9.25. The zero-order valence-corrected chi connectivity index (χ0v) is 15.0. The molecule has 2 bridgehead atoms. The van der Waals surface area contributed by atoms with E-state index >= 15 is 0 Å². The van der Waals surface area contributed by atoms with Crippen LogP contribution >= 0.6 is 0 Å². The molecule has 2 saturated heterocycles. The number of amides is 1. The maximum atomic E-state index is 12.6. The molecule has 2 aromatic rings. The molecule has 0 saturated carbocycles. The maximum Gasteiger partial charge on any atom is 0.410 e. The third kappa shape index (κ3) is 2.75. The summed E-state index contributed by atoms with van der Waals surface area (Å²) in [7, 11) is 0. The summed E-state index contributed by atoms with van der Waals surface area (Å²) in [6, 6.07) is 16.3. The minimum absolute atomic E-state index is 0.0165. The summed E-state index contributed by atoms with van der Waals surface area (Å²) in [6.45, 7) is 0.532. The van der Waals surface area contributed by atoms with Gasteiger partial charge >= 0.3 is 12.1 Å². The molecule has 2 aliphatic heterocycles. The van der Waals surface area contributed by atoms with Crippen LogP contribution in [-0.4, -0.2) is 60.3 Å². The average Bonchev–Trinajstić information content (AvgIpc) is 3.20. The molecule has 7 heteroatoms. The summed E-state index contributed by atoms with van der Waals surface area (Å²) in [5.74, 6) is -1.10. The Balaban J connectivity index is 1.30. The molecule has 1 amide bonds. The summed E-state index contributed by atoms with van der Waals surface area (Å²) in [5.41, 5.74) is 4.63. The van der Waals surface area contributed by atoms with Gasteiger partial charge in [0.1, 0.15) is 12.7 Å². The molecule has 1 aliphatic carbocycles. The smallest absolute Gasteiger partial charge is 0.410 e. The number of aliphatic carboxylic acids is 1. The zero-order valence-electron chi connectivity index (χ0n) is 15.0. The lowest BCUT2D eigenvalue weighted by Crippen LogP contribution is -2.48. The number of rotatable bonds is 3. The topological polar surface area (TPSA) is 85.3 Å². The van der Waals surface area contributed by atoms with Gasteiger partial charge < -0.3 is 24.2 Å². The van der Waals surface area contributed by atoms with Crippen LogP contribution in [0.5, 0.6) is 0 Å². The third-order valence-corrected chi connectivity index (χ3v) is 5.57. The van der Waals surface area contributed by atoms with Crippen molar-refractivity contribution in [3.8, 4) is 11.1 Å². The van der Waals surface area contributed by atoms with E-state index in [0.717, 1.165) is 11.1 Å². The second-order valence-electron chi connectivity index (χ2n) is 7.21. The number of morpholine rings is 1. The van der Waals surface area contributed by atoms with Crippen molar-refractivity contribution in [3.05, 3.63) is 59.7 Å². The molecule has 5 rings (SSSR count). The number of ether oxygens (including phenoxy) is 3. The van der Waals surface area contributed by atoms with Gasteiger partial charge in [-0.2, -0.15) is 0 Å². The van der Waals surface area contributed by atoms with Crippen LogP contribution in [0.1, 0.15) is 17.0 Å². The number of hydrogen-bond acceptors (Lipinski definition) is 5. The van der Waals surface area contributed by atoms with Crippen LogP contribution in [0.4, 0.5) is 4.79 Å². The molecular formula is C21H19NO6. The van der Waals surface area contributed by atoms with Crippen molar-refractivity contribution in [2.24, 2.45) is 0 Å². The summed E-state index contributed by atoms with van der Waals surface area (Å²) >= 11 is 0. The SMILES string of the molecule is O=C(O)C1OC2CN(C(=O)OCC3c4ccccc4-c4ccccc43)CC1O2. The van der Waals surface area contributed by atoms with E-state index in [4.69, 9.17) is 14.2 Å². The Morgan fingerprint density at radius 2 is 1.64 bits per heavy atom. The van der Waals surface area contributed by atoms with E-state index in [1.807, 2.05) is 24.3 Å². The van der Waals surface area contributed by atoms with E-state index in [1.165, 1.54) is 16.0 Å². The quantitative estimate of drug-likeness (QED) is 0.879. The van der Waals surface area contributed by atoms with Crippen LogP contribution in [0.15, 0.2) is 48.5 Å². The highest BCUT2D eigenvalue weighted by Gasteiger charge is 2.47. The molecule has 144 valence electrons. The number of nitrogens with zero attached hydrogens (tertiary/aromatic N) is 1. The Labute approximate surface area is 161 Å². The van der Waals surface area contributed by atoms with E-state index in [0.29, 0.717) is 0 Å². The van der Waals surface area contributed by atoms with Crippen molar-refractivity contribution in [2.75, 3.05) is 19.7 Å². The van der Waals surface area contributed by atoms with E-state index in [9.17, 15) is 14.7 Å². The van der Waals surface area contributed by atoms with Gasteiger partial charge in [-0.25, -0.2) is 9.59 Å². The van der Waals surface area contributed by atoms with Gasteiger partial charge in [0.25, 0.3) is 0 Å². The molecule has 7 nitrogen and oxygen atoms in total. The van der Waals surface area contributed by atoms with Gasteiger partial charge in [-0.1, -0.05) is 48.5 Å². The van der Waals surface area contributed by atoms with E-state index < -0.39 is 30.6 Å². The molecular weight excluding hydrogens is 362 g/mol. The summed E-state index contributed by atoms with van der Waals surface area (Å²) < 4.78 is 16.4. The predicted molar refractivity (Wildman–Crippen MR) is 97.8 cm³/mol. The summed E-state index contributed by atoms with van der Waals surface area (Å²) in [6.07, 6.45) is -2.91. The molecule has 3 aliphatic rings. The Morgan fingerprint density at radius 1 is 1.00 bits per heavy atom. The second kappa shape index (κ2) is 6.61. The minimum atomic E-state index is -1.08. The minimum Gasteiger partial charge on any atom is -0.479 e. The molecule has 2 aromatic carbocycles. The molecule has 3 unspecified atom stereocenters. The fraction of sp³-hybridized carbons (Fsp3) is 0.333. The summed E-state index contributed by atoms with van der Waals surface area (Å²) in [4.78, 5) is 25.3. The maximum absolute atomic E-state index is 12.6. The molecule has 1 N–H and O–H groups in total.